The summed E-state index contributed by atoms with van der Waals surface area (Å²) in [6.07, 6.45) is 10.3. The summed E-state index contributed by atoms with van der Waals surface area (Å²) >= 11 is 0. The normalized spacial score (nSPS) is 37.5. The van der Waals surface area contributed by atoms with Crippen LogP contribution in [0.15, 0.2) is 0 Å². The van der Waals surface area contributed by atoms with Crippen molar-refractivity contribution in [1.29, 1.82) is 0 Å². The Balaban J connectivity index is 1.61. The van der Waals surface area contributed by atoms with Crippen molar-refractivity contribution in [1.82, 2.24) is 10.2 Å². The standard InChI is InChI=1S/C18H32N2O2/c1-13-8-9-17(13)20-11-14(18(21)22-2)10-16(12-20)19-15-6-4-3-5-7-15/h13-17,19H,3-12H2,1-2H3. The van der Waals surface area contributed by atoms with E-state index in [1.807, 2.05) is 0 Å². The van der Waals surface area contributed by atoms with Crippen molar-refractivity contribution in [2.24, 2.45) is 11.8 Å². The van der Waals surface area contributed by atoms with Crippen molar-refractivity contribution >= 4 is 5.97 Å². The van der Waals surface area contributed by atoms with E-state index in [2.05, 4.69) is 17.1 Å². The molecule has 3 fully saturated rings. The molecule has 0 aromatic rings. The van der Waals surface area contributed by atoms with Gasteiger partial charge in [-0.2, -0.15) is 0 Å². The average molecular weight is 308 g/mol. The fourth-order valence-electron chi connectivity index (χ4n) is 4.66. The minimum absolute atomic E-state index is 0.0212. The number of methoxy groups -OCH3 is 1. The second kappa shape index (κ2) is 7.31. The quantitative estimate of drug-likeness (QED) is 0.811. The number of rotatable bonds is 4. The molecule has 0 radical (unpaired) electrons. The minimum Gasteiger partial charge on any atom is -0.469 e. The van der Waals surface area contributed by atoms with Gasteiger partial charge in [0.25, 0.3) is 0 Å². The Kier molecular flexibility index (Phi) is 5.40. The smallest absolute Gasteiger partial charge is 0.310 e. The molecule has 0 aromatic heterocycles. The Labute approximate surface area is 135 Å². The van der Waals surface area contributed by atoms with Crippen LogP contribution in [0.5, 0.6) is 0 Å². The van der Waals surface area contributed by atoms with E-state index in [1.54, 1.807) is 0 Å². The first-order chi connectivity index (χ1) is 10.7. The third-order valence-electron chi connectivity index (χ3n) is 6.13. The number of carbonyl (C=O) groups is 1. The van der Waals surface area contributed by atoms with Gasteiger partial charge in [-0.25, -0.2) is 0 Å². The number of hydrogen-bond donors (Lipinski definition) is 1. The number of piperidine rings is 1. The average Bonchev–Trinajstić information content (AvgIpc) is 2.53. The fraction of sp³-hybridized carbons (Fsp3) is 0.944. The van der Waals surface area contributed by atoms with Crippen molar-refractivity contribution in [3.63, 3.8) is 0 Å². The molecule has 1 aliphatic heterocycles. The second-order valence-electron chi connectivity index (χ2n) is 7.73. The highest BCUT2D eigenvalue weighted by Gasteiger charge is 2.40. The summed E-state index contributed by atoms with van der Waals surface area (Å²) in [4.78, 5) is 14.7. The van der Waals surface area contributed by atoms with Gasteiger partial charge in [0.2, 0.25) is 0 Å². The van der Waals surface area contributed by atoms with E-state index >= 15 is 0 Å². The van der Waals surface area contributed by atoms with Crippen LogP contribution < -0.4 is 5.32 Å². The summed E-state index contributed by atoms with van der Waals surface area (Å²) in [6.45, 7) is 4.35. The van der Waals surface area contributed by atoms with Gasteiger partial charge in [-0.3, -0.25) is 9.69 Å². The molecule has 1 heterocycles. The molecule has 4 unspecified atom stereocenters. The Bertz CT molecular complexity index is 381. The Morgan fingerprint density at radius 2 is 1.82 bits per heavy atom. The third kappa shape index (κ3) is 3.65. The van der Waals surface area contributed by atoms with Crippen LogP contribution in [0.4, 0.5) is 0 Å². The number of likely N-dealkylation sites (tertiary alicyclic amines) is 1. The summed E-state index contributed by atoms with van der Waals surface area (Å²) < 4.78 is 5.04. The lowest BCUT2D eigenvalue weighted by Gasteiger charge is -2.48. The van der Waals surface area contributed by atoms with Gasteiger partial charge in [0.15, 0.2) is 0 Å². The van der Waals surface area contributed by atoms with Crippen molar-refractivity contribution < 1.29 is 9.53 Å². The van der Waals surface area contributed by atoms with E-state index in [1.165, 1.54) is 52.1 Å². The maximum absolute atomic E-state index is 12.1. The topological polar surface area (TPSA) is 41.6 Å². The van der Waals surface area contributed by atoms with Gasteiger partial charge in [-0.15, -0.1) is 0 Å². The van der Waals surface area contributed by atoms with E-state index in [-0.39, 0.29) is 11.9 Å². The van der Waals surface area contributed by atoms with Crippen LogP contribution in [0.2, 0.25) is 0 Å². The van der Waals surface area contributed by atoms with Crippen LogP contribution in [-0.2, 0) is 9.53 Å². The molecule has 0 amide bonds. The zero-order valence-electron chi connectivity index (χ0n) is 14.2. The Morgan fingerprint density at radius 3 is 2.41 bits per heavy atom. The molecular weight excluding hydrogens is 276 g/mol. The lowest BCUT2D eigenvalue weighted by Crippen LogP contribution is -2.59. The summed E-state index contributed by atoms with van der Waals surface area (Å²) in [5.74, 6) is 0.812. The number of hydrogen-bond acceptors (Lipinski definition) is 4. The molecule has 4 heteroatoms. The van der Waals surface area contributed by atoms with Crippen molar-refractivity contribution in [3.8, 4) is 0 Å². The molecule has 4 nitrogen and oxygen atoms in total. The van der Waals surface area contributed by atoms with Crippen LogP contribution >= 0.6 is 0 Å². The van der Waals surface area contributed by atoms with Gasteiger partial charge >= 0.3 is 5.97 Å². The molecule has 1 N–H and O–H groups in total. The van der Waals surface area contributed by atoms with Gasteiger partial charge in [0.1, 0.15) is 0 Å². The molecule has 2 saturated carbocycles. The second-order valence-corrected chi connectivity index (χ2v) is 7.73. The lowest BCUT2D eigenvalue weighted by atomic mass is 9.78. The molecule has 4 atom stereocenters. The van der Waals surface area contributed by atoms with Crippen LogP contribution in [-0.4, -0.2) is 49.2 Å². The molecule has 0 spiro atoms. The highest BCUT2D eigenvalue weighted by molar-refractivity contribution is 5.72. The van der Waals surface area contributed by atoms with Crippen LogP contribution in [0.1, 0.15) is 58.3 Å². The predicted octanol–water partition coefficient (Wildman–Crippen LogP) is 2.57. The number of ether oxygens (including phenoxy) is 1. The highest BCUT2D eigenvalue weighted by atomic mass is 16.5. The number of nitrogens with zero attached hydrogens (tertiary/aromatic N) is 1. The van der Waals surface area contributed by atoms with Gasteiger partial charge in [-0.1, -0.05) is 26.2 Å². The molecule has 22 heavy (non-hydrogen) atoms. The highest BCUT2D eigenvalue weighted by Crippen LogP contribution is 2.34. The molecule has 0 bridgehead atoms. The molecule has 0 aromatic carbocycles. The van der Waals surface area contributed by atoms with Gasteiger partial charge < -0.3 is 10.1 Å². The number of carbonyl (C=O) groups excluding carboxylic acids is 1. The monoisotopic (exact) mass is 308 g/mol. The molecule has 126 valence electrons. The first kappa shape index (κ1) is 16.3. The van der Waals surface area contributed by atoms with E-state index in [9.17, 15) is 4.79 Å². The molecule has 2 aliphatic carbocycles. The fourth-order valence-corrected chi connectivity index (χ4v) is 4.66. The van der Waals surface area contributed by atoms with E-state index < -0.39 is 0 Å². The van der Waals surface area contributed by atoms with Crippen LogP contribution in [0.3, 0.4) is 0 Å². The van der Waals surface area contributed by atoms with Crippen LogP contribution in [0, 0.1) is 11.8 Å². The Morgan fingerprint density at radius 1 is 1.05 bits per heavy atom. The maximum atomic E-state index is 12.1. The first-order valence-corrected chi connectivity index (χ1v) is 9.25. The summed E-state index contributed by atoms with van der Waals surface area (Å²) in [5.41, 5.74) is 0. The summed E-state index contributed by atoms with van der Waals surface area (Å²) in [5, 5.41) is 3.87. The first-order valence-electron chi connectivity index (χ1n) is 9.25. The number of esters is 1. The number of nitrogens with one attached hydrogen (secondary N) is 1. The summed E-state index contributed by atoms with van der Waals surface area (Å²) in [7, 11) is 1.52. The zero-order chi connectivity index (χ0) is 15.5. The van der Waals surface area contributed by atoms with E-state index in [0.29, 0.717) is 18.1 Å². The molecule has 1 saturated heterocycles. The van der Waals surface area contributed by atoms with Crippen molar-refractivity contribution in [2.45, 2.75) is 76.4 Å². The van der Waals surface area contributed by atoms with Crippen molar-refractivity contribution in [2.75, 3.05) is 20.2 Å². The van der Waals surface area contributed by atoms with Gasteiger partial charge in [-0.05, 0) is 38.0 Å². The minimum atomic E-state index is -0.0212. The van der Waals surface area contributed by atoms with E-state index in [0.717, 1.165) is 25.4 Å². The zero-order valence-corrected chi connectivity index (χ0v) is 14.2. The summed E-state index contributed by atoms with van der Waals surface area (Å²) in [6, 6.07) is 1.80. The van der Waals surface area contributed by atoms with E-state index in [4.69, 9.17) is 4.74 Å². The lowest BCUT2D eigenvalue weighted by molar-refractivity contribution is -0.148. The molecular formula is C18H32N2O2. The van der Waals surface area contributed by atoms with Crippen molar-refractivity contribution in [3.05, 3.63) is 0 Å². The Hall–Kier alpha value is -0.610. The molecule has 3 aliphatic rings. The van der Waals surface area contributed by atoms with Gasteiger partial charge in [0.05, 0.1) is 13.0 Å². The SMILES string of the molecule is COC(=O)C1CC(NC2CCCCC2)CN(C2CCC2C)C1. The maximum Gasteiger partial charge on any atom is 0.310 e. The van der Waals surface area contributed by atoms with Gasteiger partial charge in [0, 0.05) is 31.2 Å². The largest absolute Gasteiger partial charge is 0.469 e. The predicted molar refractivity (Wildman–Crippen MR) is 87.7 cm³/mol. The molecule has 3 rings (SSSR count). The van der Waals surface area contributed by atoms with Crippen LogP contribution in [0.25, 0.3) is 0 Å². The third-order valence-corrected chi connectivity index (χ3v) is 6.13.